The Morgan fingerprint density at radius 3 is 2.84 bits per heavy atom. The minimum Gasteiger partial charge on any atom is -0.324 e. The maximum Gasteiger partial charge on any atom is 0.244 e. The SMILES string of the molecule is Cc1ccc(C)c(CSc2nc3ccncc3n2CC(=O)Nc2cccc(Cl)c2C)c1. The quantitative estimate of drug-likeness (QED) is 0.369. The van der Waals surface area contributed by atoms with Crippen LogP contribution in [-0.2, 0) is 17.1 Å². The first-order valence-corrected chi connectivity index (χ1v) is 11.3. The number of fused-ring (bicyclic) bond motifs is 1. The molecule has 0 bridgehead atoms. The van der Waals surface area contributed by atoms with Crippen molar-refractivity contribution in [1.29, 1.82) is 0 Å². The summed E-state index contributed by atoms with van der Waals surface area (Å²) in [7, 11) is 0. The summed E-state index contributed by atoms with van der Waals surface area (Å²) in [6.07, 6.45) is 3.47. The Kier molecular flexibility index (Phi) is 6.30. The zero-order valence-corrected chi connectivity index (χ0v) is 19.2. The van der Waals surface area contributed by atoms with E-state index in [4.69, 9.17) is 16.6 Å². The Hall–Kier alpha value is -2.83. The lowest BCUT2D eigenvalue weighted by atomic mass is 10.1. The van der Waals surface area contributed by atoms with Gasteiger partial charge in [0, 0.05) is 22.7 Å². The molecule has 7 heteroatoms. The smallest absolute Gasteiger partial charge is 0.244 e. The highest BCUT2D eigenvalue weighted by Crippen LogP contribution is 2.28. The highest BCUT2D eigenvalue weighted by molar-refractivity contribution is 7.98. The molecule has 0 atom stereocenters. The molecule has 31 heavy (non-hydrogen) atoms. The van der Waals surface area contributed by atoms with Crippen LogP contribution in [0.5, 0.6) is 0 Å². The van der Waals surface area contributed by atoms with E-state index in [0.29, 0.717) is 10.7 Å². The molecule has 0 fully saturated rings. The number of hydrogen-bond donors (Lipinski definition) is 1. The number of carbonyl (C=O) groups is 1. The fraction of sp³-hybridized carbons (Fsp3) is 0.208. The predicted octanol–water partition coefficient (Wildman–Crippen LogP) is 5.94. The van der Waals surface area contributed by atoms with Crippen molar-refractivity contribution in [1.82, 2.24) is 14.5 Å². The molecule has 0 aliphatic rings. The van der Waals surface area contributed by atoms with Crippen LogP contribution in [0.1, 0.15) is 22.3 Å². The molecule has 0 spiro atoms. The third-order valence-electron chi connectivity index (χ3n) is 5.22. The van der Waals surface area contributed by atoms with Crippen LogP contribution in [0.2, 0.25) is 5.02 Å². The Labute approximate surface area is 190 Å². The number of nitrogens with one attached hydrogen (secondary N) is 1. The standard InChI is InChI=1S/C24H23ClN4OS/c1-15-7-8-16(2)18(11-15)14-31-24-28-21-9-10-26-12-22(21)29(24)13-23(30)27-20-6-4-5-19(25)17(20)3/h4-12H,13-14H2,1-3H3,(H,27,30). The molecular formula is C24H23ClN4OS. The first-order valence-electron chi connectivity index (χ1n) is 9.96. The number of aromatic nitrogens is 3. The lowest BCUT2D eigenvalue weighted by molar-refractivity contribution is -0.116. The number of amides is 1. The van der Waals surface area contributed by atoms with Crippen LogP contribution in [0, 0.1) is 20.8 Å². The Bertz CT molecular complexity index is 1270. The average molecular weight is 451 g/mol. The number of nitrogens with zero attached hydrogens (tertiary/aromatic N) is 3. The van der Waals surface area contributed by atoms with E-state index in [2.05, 4.69) is 42.3 Å². The summed E-state index contributed by atoms with van der Waals surface area (Å²) in [5.74, 6) is 0.640. The number of benzene rings is 2. The van der Waals surface area contributed by atoms with E-state index in [1.54, 1.807) is 24.2 Å². The van der Waals surface area contributed by atoms with Gasteiger partial charge in [0.2, 0.25) is 5.91 Å². The molecular weight excluding hydrogens is 428 g/mol. The van der Waals surface area contributed by atoms with E-state index < -0.39 is 0 Å². The largest absolute Gasteiger partial charge is 0.324 e. The second-order valence-corrected chi connectivity index (χ2v) is 8.87. The normalized spacial score (nSPS) is 11.1. The number of rotatable bonds is 6. The molecule has 1 amide bonds. The minimum atomic E-state index is -0.137. The lowest BCUT2D eigenvalue weighted by Gasteiger charge is -2.12. The van der Waals surface area contributed by atoms with Gasteiger partial charge in [0.15, 0.2) is 5.16 Å². The highest BCUT2D eigenvalue weighted by Gasteiger charge is 2.16. The molecule has 1 N–H and O–H groups in total. The molecule has 0 saturated heterocycles. The second-order valence-electron chi connectivity index (χ2n) is 7.52. The first-order chi connectivity index (χ1) is 14.9. The van der Waals surface area contributed by atoms with Crippen molar-refractivity contribution in [3.05, 3.63) is 82.1 Å². The average Bonchev–Trinajstić information content (AvgIpc) is 3.09. The summed E-state index contributed by atoms with van der Waals surface area (Å²) in [4.78, 5) is 21.9. The molecule has 0 radical (unpaired) electrons. The van der Waals surface area contributed by atoms with E-state index in [1.807, 2.05) is 35.8 Å². The third kappa shape index (κ3) is 4.75. The molecule has 0 aliphatic heterocycles. The van der Waals surface area contributed by atoms with E-state index in [-0.39, 0.29) is 12.5 Å². The van der Waals surface area contributed by atoms with Gasteiger partial charge in [-0.25, -0.2) is 4.98 Å². The van der Waals surface area contributed by atoms with Crippen LogP contribution >= 0.6 is 23.4 Å². The number of pyridine rings is 1. The van der Waals surface area contributed by atoms with Crippen molar-refractivity contribution in [3.8, 4) is 0 Å². The number of thioether (sulfide) groups is 1. The number of anilines is 1. The highest BCUT2D eigenvalue weighted by atomic mass is 35.5. The number of imidazole rings is 1. The molecule has 4 aromatic rings. The van der Waals surface area contributed by atoms with Gasteiger partial charge >= 0.3 is 0 Å². The van der Waals surface area contributed by atoms with E-state index in [9.17, 15) is 4.79 Å². The topological polar surface area (TPSA) is 59.8 Å². The molecule has 2 aromatic heterocycles. The summed E-state index contributed by atoms with van der Waals surface area (Å²) < 4.78 is 1.92. The van der Waals surface area contributed by atoms with E-state index >= 15 is 0 Å². The summed E-state index contributed by atoms with van der Waals surface area (Å²) >= 11 is 7.81. The monoisotopic (exact) mass is 450 g/mol. The van der Waals surface area contributed by atoms with E-state index in [0.717, 1.165) is 27.5 Å². The zero-order chi connectivity index (χ0) is 22.0. The predicted molar refractivity (Wildman–Crippen MR) is 128 cm³/mol. The number of aryl methyl sites for hydroxylation is 2. The Morgan fingerprint density at radius 2 is 2.00 bits per heavy atom. The molecule has 0 saturated carbocycles. The summed E-state index contributed by atoms with van der Waals surface area (Å²) in [5.41, 5.74) is 6.96. The third-order valence-corrected chi connectivity index (χ3v) is 6.66. The zero-order valence-electron chi connectivity index (χ0n) is 17.6. The molecule has 2 aromatic carbocycles. The van der Waals surface area contributed by atoms with Gasteiger partial charge in [0.25, 0.3) is 0 Å². The van der Waals surface area contributed by atoms with Crippen molar-refractivity contribution in [2.45, 2.75) is 38.2 Å². The van der Waals surface area contributed by atoms with Crippen molar-refractivity contribution >= 4 is 46.0 Å². The number of hydrogen-bond acceptors (Lipinski definition) is 4. The Balaban J connectivity index is 1.59. The van der Waals surface area contributed by atoms with Crippen molar-refractivity contribution in [3.63, 3.8) is 0 Å². The first kappa shape index (κ1) is 21.4. The van der Waals surface area contributed by atoms with Crippen LogP contribution in [0.3, 0.4) is 0 Å². The van der Waals surface area contributed by atoms with Crippen molar-refractivity contribution < 1.29 is 4.79 Å². The minimum absolute atomic E-state index is 0.137. The molecule has 5 nitrogen and oxygen atoms in total. The maximum atomic E-state index is 12.9. The Morgan fingerprint density at radius 1 is 1.16 bits per heavy atom. The molecule has 0 aliphatic carbocycles. The fourth-order valence-corrected chi connectivity index (χ4v) is 4.64. The summed E-state index contributed by atoms with van der Waals surface area (Å²) in [5, 5.41) is 4.39. The second kappa shape index (κ2) is 9.12. The van der Waals surface area contributed by atoms with Crippen LogP contribution in [-0.4, -0.2) is 20.4 Å². The molecule has 2 heterocycles. The van der Waals surface area contributed by atoms with Crippen LogP contribution < -0.4 is 5.32 Å². The molecule has 0 unspecified atom stereocenters. The maximum absolute atomic E-state index is 12.9. The van der Waals surface area contributed by atoms with Crippen LogP contribution in [0.15, 0.2) is 60.0 Å². The van der Waals surface area contributed by atoms with Gasteiger partial charge in [0.1, 0.15) is 6.54 Å². The van der Waals surface area contributed by atoms with Gasteiger partial charge in [-0.2, -0.15) is 0 Å². The number of carbonyl (C=O) groups excluding carboxylic acids is 1. The van der Waals surface area contributed by atoms with Gasteiger partial charge in [-0.05, 0) is 55.7 Å². The van der Waals surface area contributed by atoms with Gasteiger partial charge < -0.3 is 9.88 Å². The van der Waals surface area contributed by atoms with Gasteiger partial charge in [0.05, 0.1) is 17.2 Å². The molecule has 4 rings (SSSR count). The summed E-state index contributed by atoms with van der Waals surface area (Å²) in [6.45, 7) is 6.24. The van der Waals surface area contributed by atoms with Crippen molar-refractivity contribution in [2.24, 2.45) is 0 Å². The lowest BCUT2D eigenvalue weighted by Crippen LogP contribution is -2.19. The van der Waals surface area contributed by atoms with Gasteiger partial charge in [-0.3, -0.25) is 9.78 Å². The van der Waals surface area contributed by atoms with Crippen LogP contribution in [0.4, 0.5) is 5.69 Å². The van der Waals surface area contributed by atoms with Gasteiger partial charge in [-0.1, -0.05) is 53.2 Å². The molecule has 158 valence electrons. The summed E-state index contributed by atoms with van der Waals surface area (Å²) in [6, 6.07) is 13.8. The number of halogens is 1. The van der Waals surface area contributed by atoms with E-state index in [1.165, 1.54) is 16.7 Å². The van der Waals surface area contributed by atoms with Crippen molar-refractivity contribution in [2.75, 3.05) is 5.32 Å². The fourth-order valence-electron chi connectivity index (χ4n) is 3.39. The van der Waals surface area contributed by atoms with Gasteiger partial charge in [-0.15, -0.1) is 0 Å². The van der Waals surface area contributed by atoms with Crippen LogP contribution in [0.25, 0.3) is 11.0 Å².